The van der Waals surface area contributed by atoms with E-state index < -0.39 is 5.97 Å². The zero-order valence-electron chi connectivity index (χ0n) is 10.3. The second kappa shape index (κ2) is 6.32. The van der Waals surface area contributed by atoms with Crippen LogP contribution in [0.15, 0.2) is 12.1 Å². The van der Waals surface area contributed by atoms with E-state index in [4.69, 9.17) is 19.3 Å². The van der Waals surface area contributed by atoms with Crippen LogP contribution in [0, 0.1) is 0 Å². The Balaban J connectivity index is 3.41. The molecule has 7 nitrogen and oxygen atoms in total. The molecule has 0 heterocycles. The molecule has 0 atom stereocenters. The van der Waals surface area contributed by atoms with Crippen molar-refractivity contribution in [2.24, 2.45) is 0 Å². The molecule has 0 spiro atoms. The van der Waals surface area contributed by atoms with E-state index in [2.05, 4.69) is 0 Å². The lowest BCUT2D eigenvalue weighted by molar-refractivity contribution is 0.0691. The average Bonchev–Trinajstić information content (AvgIpc) is 2.39. The van der Waals surface area contributed by atoms with Gasteiger partial charge in [-0.3, -0.25) is 0 Å². The average molecular weight is 268 g/mol. The summed E-state index contributed by atoms with van der Waals surface area (Å²) in [6, 6.07) is 1.10. The number of ether oxygens (including phenoxy) is 3. The molecule has 1 aromatic carbocycles. The highest BCUT2D eigenvalue weighted by atomic mass is 16.5. The van der Waals surface area contributed by atoms with Gasteiger partial charge in [-0.25, -0.2) is 9.59 Å². The first-order valence-corrected chi connectivity index (χ1v) is 5.10. The van der Waals surface area contributed by atoms with Gasteiger partial charge in [-0.2, -0.15) is 0 Å². The molecule has 1 rings (SSSR count). The molecular formula is C12H12O7. The number of carbonyl (C=O) groups excluding carboxylic acids is 1. The highest BCUT2D eigenvalue weighted by Crippen LogP contribution is 2.45. The monoisotopic (exact) mass is 268 g/mol. The van der Waals surface area contributed by atoms with Crippen molar-refractivity contribution in [1.82, 2.24) is 0 Å². The van der Waals surface area contributed by atoms with Gasteiger partial charge in [-0.15, -0.1) is 0 Å². The summed E-state index contributed by atoms with van der Waals surface area (Å²) in [5, 5.41) is 18.9. The van der Waals surface area contributed by atoms with Crippen LogP contribution in [-0.2, 0) is 4.79 Å². The number of aromatic carboxylic acids is 1. The molecule has 0 bridgehead atoms. The van der Waals surface area contributed by atoms with Gasteiger partial charge in [0.15, 0.2) is 11.5 Å². The van der Waals surface area contributed by atoms with Crippen molar-refractivity contribution in [2.75, 3.05) is 20.8 Å². The predicted octanol–water partition coefficient (Wildman–Crippen LogP) is 0.874. The number of phenolic OH excluding ortho intramolecular Hbond substituents is 1. The Morgan fingerprint density at radius 2 is 2.05 bits per heavy atom. The summed E-state index contributed by atoms with van der Waals surface area (Å²) in [5.74, 6) is -0.634. The van der Waals surface area contributed by atoms with Crippen LogP contribution < -0.4 is 14.2 Å². The second-order valence-electron chi connectivity index (χ2n) is 3.28. The van der Waals surface area contributed by atoms with Crippen LogP contribution in [0.25, 0.3) is 0 Å². The zero-order chi connectivity index (χ0) is 14.4. The van der Waals surface area contributed by atoms with Crippen molar-refractivity contribution in [3.8, 4) is 23.0 Å². The van der Waals surface area contributed by atoms with E-state index in [0.717, 1.165) is 12.1 Å². The van der Waals surface area contributed by atoms with Gasteiger partial charge in [0.1, 0.15) is 18.1 Å². The Bertz CT molecular complexity index is 529. The molecule has 0 saturated heterocycles. The van der Waals surface area contributed by atoms with Gasteiger partial charge in [0.2, 0.25) is 11.5 Å². The minimum absolute atomic E-state index is 0.0625. The Morgan fingerprint density at radius 3 is 2.53 bits per heavy atom. The second-order valence-corrected chi connectivity index (χ2v) is 3.28. The fourth-order valence-electron chi connectivity index (χ4n) is 1.41. The maximum absolute atomic E-state index is 11.1. The summed E-state index contributed by atoms with van der Waals surface area (Å²) in [6.07, 6.45) is 1.02. The molecule has 0 radical (unpaired) electrons. The number of hydrogen-bond acceptors (Lipinski definition) is 6. The topological polar surface area (TPSA) is 102 Å². The maximum Gasteiger partial charge on any atom is 0.339 e. The quantitative estimate of drug-likeness (QED) is 0.738. The van der Waals surface area contributed by atoms with Crippen molar-refractivity contribution in [3.63, 3.8) is 0 Å². The summed E-state index contributed by atoms with van der Waals surface area (Å²) in [7, 11) is 2.51. The third-order valence-corrected chi connectivity index (χ3v) is 2.22. The van der Waals surface area contributed by atoms with Crippen LogP contribution in [0.2, 0.25) is 0 Å². The fraction of sp³-hybridized carbons (Fsp3) is 0.250. The van der Waals surface area contributed by atoms with Gasteiger partial charge in [0.25, 0.3) is 0 Å². The van der Waals surface area contributed by atoms with Crippen molar-refractivity contribution in [3.05, 3.63) is 17.7 Å². The van der Waals surface area contributed by atoms with Crippen LogP contribution >= 0.6 is 0 Å². The summed E-state index contributed by atoms with van der Waals surface area (Å²) < 4.78 is 14.9. The van der Waals surface area contributed by atoms with Crippen LogP contribution in [-0.4, -0.2) is 43.0 Å². The van der Waals surface area contributed by atoms with Crippen LogP contribution in [0.4, 0.5) is 0 Å². The van der Waals surface area contributed by atoms with E-state index in [1.54, 1.807) is 0 Å². The first kappa shape index (κ1) is 14.4. The van der Waals surface area contributed by atoms with Crippen LogP contribution in [0.5, 0.6) is 23.0 Å². The minimum Gasteiger partial charge on any atom is -0.502 e. The first-order chi connectivity index (χ1) is 9.06. The third kappa shape index (κ3) is 2.97. The molecule has 102 valence electrons. The number of rotatable bonds is 6. The number of hydrogen-bond donors (Lipinski definition) is 2. The molecular weight excluding hydrogens is 256 g/mol. The molecule has 0 aliphatic rings. The van der Waals surface area contributed by atoms with Gasteiger partial charge >= 0.3 is 5.97 Å². The Morgan fingerprint density at radius 1 is 1.37 bits per heavy atom. The van der Waals surface area contributed by atoms with Crippen molar-refractivity contribution in [1.29, 1.82) is 0 Å². The molecule has 0 aliphatic carbocycles. The van der Waals surface area contributed by atoms with E-state index in [-0.39, 0.29) is 35.2 Å². The Hall–Kier alpha value is -2.66. The van der Waals surface area contributed by atoms with Crippen molar-refractivity contribution in [2.45, 2.75) is 0 Å². The zero-order valence-corrected chi connectivity index (χ0v) is 10.3. The molecule has 0 amide bonds. The van der Waals surface area contributed by atoms with E-state index in [1.165, 1.54) is 20.2 Å². The number of carboxylic acids is 1. The van der Waals surface area contributed by atoms with Gasteiger partial charge < -0.3 is 24.4 Å². The largest absolute Gasteiger partial charge is 0.502 e. The summed E-state index contributed by atoms with van der Waals surface area (Å²) in [5.41, 5.74) is -0.259. The summed E-state index contributed by atoms with van der Waals surface area (Å²) >= 11 is 0. The first-order valence-electron chi connectivity index (χ1n) is 5.10. The number of aromatic hydroxyl groups is 1. The molecule has 0 fully saturated rings. The van der Waals surface area contributed by atoms with Gasteiger partial charge in [0, 0.05) is 12.1 Å². The Kier molecular flexibility index (Phi) is 4.79. The molecule has 0 saturated carbocycles. The third-order valence-electron chi connectivity index (χ3n) is 2.22. The van der Waals surface area contributed by atoms with Crippen molar-refractivity contribution >= 4 is 11.9 Å². The highest BCUT2D eigenvalue weighted by molar-refractivity contribution is 5.93. The smallest absolute Gasteiger partial charge is 0.339 e. The normalized spacial score (nSPS) is 9.37. The number of carbonyl (C=O) groups is 1. The highest BCUT2D eigenvalue weighted by Gasteiger charge is 2.24. The standard InChI is InChI=1S/C12H12O7/c1-17-8-6-7(12(15)16)10(19-5-3-4-13)11(18-2)9(8)14/h3,6,14H,5H2,1-2H3,(H,15,16). The molecule has 0 aliphatic heterocycles. The van der Waals surface area contributed by atoms with Crippen molar-refractivity contribution < 1.29 is 34.0 Å². The van der Waals surface area contributed by atoms with Crippen LogP contribution in [0.1, 0.15) is 10.4 Å². The lowest BCUT2D eigenvalue weighted by Crippen LogP contribution is -2.06. The van der Waals surface area contributed by atoms with Crippen LogP contribution in [0.3, 0.4) is 0 Å². The summed E-state index contributed by atoms with van der Waals surface area (Å²) in [6.45, 7) is -0.202. The maximum atomic E-state index is 11.1. The number of carboxylic acid groups (broad SMARTS) is 1. The van der Waals surface area contributed by atoms with Gasteiger partial charge in [0.05, 0.1) is 14.2 Å². The molecule has 19 heavy (non-hydrogen) atoms. The molecule has 1 aromatic rings. The molecule has 2 N–H and O–H groups in total. The number of benzene rings is 1. The van der Waals surface area contributed by atoms with E-state index in [0.29, 0.717) is 0 Å². The number of methoxy groups -OCH3 is 2. The SMILES string of the molecule is COc1cc(C(=O)O)c(OCC=C=O)c(OC)c1O. The molecule has 0 unspecified atom stereocenters. The van der Waals surface area contributed by atoms with Gasteiger partial charge in [-0.1, -0.05) is 0 Å². The molecule has 0 aromatic heterocycles. The van der Waals surface area contributed by atoms with E-state index >= 15 is 0 Å². The van der Waals surface area contributed by atoms with E-state index in [9.17, 15) is 14.7 Å². The summed E-state index contributed by atoms with van der Waals surface area (Å²) in [4.78, 5) is 21.2. The van der Waals surface area contributed by atoms with E-state index in [1.807, 2.05) is 0 Å². The van der Waals surface area contributed by atoms with Gasteiger partial charge in [-0.05, 0) is 0 Å². The lowest BCUT2D eigenvalue weighted by Gasteiger charge is -2.15. The molecule has 7 heteroatoms. The predicted molar refractivity (Wildman–Crippen MR) is 63.9 cm³/mol. The minimum atomic E-state index is -1.29. The lowest BCUT2D eigenvalue weighted by atomic mass is 10.1. The Labute approximate surface area is 108 Å². The number of phenols is 1. The fourth-order valence-corrected chi connectivity index (χ4v) is 1.41.